The third-order valence-corrected chi connectivity index (χ3v) is 4.21. The van der Waals surface area contributed by atoms with Crippen LogP contribution >= 0.6 is 0 Å². The number of alkyl halides is 2. The molecule has 21 heavy (non-hydrogen) atoms. The molecule has 0 aromatic carbocycles. The highest BCUT2D eigenvalue weighted by molar-refractivity contribution is 7.89. The molecule has 0 bridgehead atoms. The van der Waals surface area contributed by atoms with Crippen LogP contribution in [0.2, 0.25) is 0 Å². The second kappa shape index (κ2) is 6.52. The Labute approximate surface area is 122 Å². The molecule has 1 unspecified atom stereocenters. The van der Waals surface area contributed by atoms with E-state index < -0.39 is 28.9 Å². The maximum absolute atomic E-state index is 12.6. The third-order valence-electron chi connectivity index (χ3n) is 3.33. The molecule has 0 saturated heterocycles. The molecule has 0 aliphatic rings. The molecule has 1 heterocycles. The topological polar surface area (TPSA) is 85.4 Å². The van der Waals surface area contributed by atoms with Crippen LogP contribution in [0, 0.1) is 0 Å². The summed E-state index contributed by atoms with van der Waals surface area (Å²) in [7, 11) is -2.53. The molecular formula is C12H19F2N3O3S. The van der Waals surface area contributed by atoms with E-state index in [4.69, 9.17) is 5.14 Å². The summed E-state index contributed by atoms with van der Waals surface area (Å²) in [6.45, 7) is 2.91. The van der Waals surface area contributed by atoms with Crippen LogP contribution in [0.5, 0.6) is 0 Å². The number of nitrogens with zero attached hydrogens (tertiary/aromatic N) is 2. The van der Waals surface area contributed by atoms with E-state index in [-0.39, 0.29) is 16.6 Å². The Kier molecular flexibility index (Phi) is 5.46. The number of carbonyl (C=O) groups is 1. The van der Waals surface area contributed by atoms with Gasteiger partial charge in [-0.25, -0.2) is 22.3 Å². The minimum absolute atomic E-state index is 0.106. The first-order valence-electron chi connectivity index (χ1n) is 6.36. The molecular weight excluding hydrogens is 304 g/mol. The van der Waals surface area contributed by atoms with E-state index in [1.165, 1.54) is 11.9 Å². The van der Waals surface area contributed by atoms with Crippen LogP contribution < -0.4 is 5.14 Å². The first-order valence-corrected chi connectivity index (χ1v) is 7.90. The fraction of sp³-hybridized carbons (Fsp3) is 0.583. The number of primary sulfonamides is 1. The number of carbonyl (C=O) groups excluding carboxylic acids is 1. The van der Waals surface area contributed by atoms with Gasteiger partial charge in [0.15, 0.2) is 0 Å². The Morgan fingerprint density at radius 1 is 1.48 bits per heavy atom. The van der Waals surface area contributed by atoms with Gasteiger partial charge in [-0.1, -0.05) is 6.92 Å². The van der Waals surface area contributed by atoms with Gasteiger partial charge in [-0.05, 0) is 19.4 Å². The first kappa shape index (κ1) is 17.6. The molecule has 0 aliphatic heterocycles. The Morgan fingerprint density at radius 3 is 2.48 bits per heavy atom. The van der Waals surface area contributed by atoms with Crippen molar-refractivity contribution < 1.29 is 22.0 Å². The molecule has 0 saturated carbocycles. The molecule has 2 N–H and O–H groups in total. The summed E-state index contributed by atoms with van der Waals surface area (Å²) < 4.78 is 48.7. The molecule has 0 radical (unpaired) electrons. The molecule has 1 amide bonds. The predicted octanol–water partition coefficient (Wildman–Crippen LogP) is 1.27. The van der Waals surface area contributed by atoms with Crippen molar-refractivity contribution in [3.8, 4) is 0 Å². The number of amides is 1. The van der Waals surface area contributed by atoms with Gasteiger partial charge in [0.1, 0.15) is 10.6 Å². The van der Waals surface area contributed by atoms with Crippen molar-refractivity contribution in [2.75, 3.05) is 7.05 Å². The van der Waals surface area contributed by atoms with E-state index >= 15 is 0 Å². The molecule has 1 rings (SSSR count). The second-order valence-electron chi connectivity index (χ2n) is 4.82. The predicted molar refractivity (Wildman–Crippen MR) is 73.7 cm³/mol. The molecule has 1 aromatic rings. The number of halogens is 2. The molecule has 1 aromatic heterocycles. The zero-order valence-corrected chi connectivity index (χ0v) is 12.9. The highest BCUT2D eigenvalue weighted by Crippen LogP contribution is 2.17. The van der Waals surface area contributed by atoms with Crippen LogP contribution in [0.4, 0.5) is 8.78 Å². The molecule has 0 fully saturated rings. The molecule has 120 valence electrons. The van der Waals surface area contributed by atoms with E-state index in [1.54, 1.807) is 6.92 Å². The van der Waals surface area contributed by atoms with Crippen molar-refractivity contribution in [2.24, 2.45) is 5.14 Å². The molecule has 0 aliphatic carbocycles. The lowest BCUT2D eigenvalue weighted by Gasteiger charge is -2.24. The standard InChI is InChI=1S/C12H19F2N3O3S/c1-4-8(2)16(3)12(18)10-5-9(21(15,19)20)6-17(10)7-11(13)14/h5-6,8,11H,4,7H2,1-3H3,(H2,15,19,20). The molecule has 6 nitrogen and oxygen atoms in total. The van der Waals surface area contributed by atoms with Crippen LogP contribution in [0.3, 0.4) is 0 Å². The van der Waals surface area contributed by atoms with Crippen molar-refractivity contribution in [2.45, 2.75) is 44.2 Å². The summed E-state index contributed by atoms with van der Waals surface area (Å²) in [5, 5.41) is 4.98. The van der Waals surface area contributed by atoms with E-state index in [0.717, 1.165) is 16.8 Å². The average Bonchev–Trinajstić information content (AvgIpc) is 2.78. The van der Waals surface area contributed by atoms with Crippen LogP contribution in [0.1, 0.15) is 30.8 Å². The van der Waals surface area contributed by atoms with Gasteiger partial charge in [0.25, 0.3) is 12.3 Å². The van der Waals surface area contributed by atoms with Crippen LogP contribution in [-0.4, -0.2) is 43.3 Å². The van der Waals surface area contributed by atoms with Gasteiger partial charge < -0.3 is 9.47 Å². The first-order chi connectivity index (χ1) is 9.57. The van der Waals surface area contributed by atoms with Crippen molar-refractivity contribution in [1.29, 1.82) is 0 Å². The SMILES string of the molecule is CCC(C)N(C)C(=O)c1cc(S(N)(=O)=O)cn1CC(F)F. The lowest BCUT2D eigenvalue weighted by atomic mass is 10.2. The van der Waals surface area contributed by atoms with E-state index in [9.17, 15) is 22.0 Å². The lowest BCUT2D eigenvalue weighted by molar-refractivity contribution is 0.0720. The van der Waals surface area contributed by atoms with Gasteiger partial charge in [0, 0.05) is 19.3 Å². The van der Waals surface area contributed by atoms with E-state index in [1.807, 2.05) is 6.92 Å². The number of nitrogens with two attached hydrogens (primary N) is 1. The van der Waals surface area contributed by atoms with Gasteiger partial charge in [-0.2, -0.15) is 0 Å². The number of aromatic nitrogens is 1. The molecule has 1 atom stereocenters. The Bertz CT molecular complexity index is 613. The number of hydrogen-bond donors (Lipinski definition) is 1. The van der Waals surface area contributed by atoms with Crippen LogP contribution in [0.25, 0.3) is 0 Å². The molecule has 0 spiro atoms. The minimum atomic E-state index is -4.06. The Morgan fingerprint density at radius 2 is 2.05 bits per heavy atom. The van der Waals surface area contributed by atoms with Crippen molar-refractivity contribution in [3.63, 3.8) is 0 Å². The van der Waals surface area contributed by atoms with Gasteiger partial charge in [0.2, 0.25) is 10.0 Å². The zero-order valence-electron chi connectivity index (χ0n) is 12.1. The zero-order chi connectivity index (χ0) is 16.4. The van der Waals surface area contributed by atoms with E-state index in [0.29, 0.717) is 6.42 Å². The van der Waals surface area contributed by atoms with Crippen molar-refractivity contribution in [1.82, 2.24) is 9.47 Å². The smallest absolute Gasteiger partial charge is 0.270 e. The highest BCUT2D eigenvalue weighted by atomic mass is 32.2. The van der Waals surface area contributed by atoms with Gasteiger partial charge in [-0.15, -0.1) is 0 Å². The Hall–Kier alpha value is -1.48. The second-order valence-corrected chi connectivity index (χ2v) is 6.38. The number of rotatable bonds is 6. The summed E-state index contributed by atoms with van der Waals surface area (Å²) >= 11 is 0. The fourth-order valence-corrected chi connectivity index (χ4v) is 2.32. The van der Waals surface area contributed by atoms with Gasteiger partial charge in [0.05, 0.1) is 6.54 Å². The summed E-state index contributed by atoms with van der Waals surface area (Å²) in [6, 6.07) is 0.921. The molecule has 9 heteroatoms. The minimum Gasteiger partial charge on any atom is -0.338 e. The monoisotopic (exact) mass is 323 g/mol. The summed E-state index contributed by atoms with van der Waals surface area (Å²) in [5.74, 6) is -0.528. The normalized spacial score (nSPS) is 13.5. The quantitative estimate of drug-likeness (QED) is 0.855. The summed E-state index contributed by atoms with van der Waals surface area (Å²) in [6.07, 6.45) is -1.08. The van der Waals surface area contributed by atoms with Crippen LogP contribution in [0.15, 0.2) is 17.2 Å². The summed E-state index contributed by atoms with van der Waals surface area (Å²) in [4.78, 5) is 13.3. The van der Waals surface area contributed by atoms with Crippen molar-refractivity contribution in [3.05, 3.63) is 18.0 Å². The highest BCUT2D eigenvalue weighted by Gasteiger charge is 2.24. The largest absolute Gasteiger partial charge is 0.338 e. The number of hydrogen-bond acceptors (Lipinski definition) is 3. The van der Waals surface area contributed by atoms with Crippen molar-refractivity contribution >= 4 is 15.9 Å². The van der Waals surface area contributed by atoms with Gasteiger partial charge >= 0.3 is 0 Å². The third kappa shape index (κ3) is 4.24. The Balaban J connectivity index is 3.26. The maximum Gasteiger partial charge on any atom is 0.270 e. The van der Waals surface area contributed by atoms with Crippen LogP contribution in [-0.2, 0) is 16.6 Å². The number of sulfonamides is 1. The van der Waals surface area contributed by atoms with E-state index in [2.05, 4.69) is 0 Å². The fourth-order valence-electron chi connectivity index (χ4n) is 1.77. The lowest BCUT2D eigenvalue weighted by Crippen LogP contribution is -2.36. The average molecular weight is 323 g/mol. The van der Waals surface area contributed by atoms with Gasteiger partial charge in [-0.3, -0.25) is 4.79 Å². The maximum atomic E-state index is 12.6. The summed E-state index contributed by atoms with van der Waals surface area (Å²) in [5.41, 5.74) is -0.123.